The highest BCUT2D eigenvalue weighted by Gasteiger charge is 2.16. The number of halogens is 2. The number of hydrogen-bond donors (Lipinski definition) is 1. The van der Waals surface area contributed by atoms with Crippen LogP contribution in [0.4, 0.5) is 5.82 Å². The molecule has 1 N–H and O–H groups in total. The minimum absolute atomic E-state index is 0.164. The number of rotatable bonds is 3. The molecule has 0 spiro atoms. The van der Waals surface area contributed by atoms with E-state index in [9.17, 15) is 4.79 Å². The maximum Gasteiger partial charge on any atom is 0.259 e. The zero-order valence-corrected chi connectivity index (χ0v) is 12.1. The Kier molecular flexibility index (Phi) is 3.94. The number of carbonyl (C=O) groups is 1. The Labute approximate surface area is 119 Å². The predicted molar refractivity (Wildman–Crippen MR) is 74.9 cm³/mol. The second-order valence-electron chi connectivity index (χ2n) is 3.95. The number of carbonyl (C=O) groups excluding carboxylic acids is 1. The van der Waals surface area contributed by atoms with Gasteiger partial charge in [0.15, 0.2) is 0 Å². The first-order valence-electron chi connectivity index (χ1n) is 5.28. The highest BCUT2D eigenvalue weighted by Crippen LogP contribution is 2.31. The van der Waals surface area contributed by atoms with Crippen molar-refractivity contribution in [3.05, 3.63) is 32.6 Å². The molecule has 4 nitrogen and oxygen atoms in total. The Balaban J connectivity index is 2.21. The van der Waals surface area contributed by atoms with Gasteiger partial charge in [-0.15, -0.1) is 11.3 Å². The van der Waals surface area contributed by atoms with Gasteiger partial charge in [0.1, 0.15) is 10.2 Å². The van der Waals surface area contributed by atoms with Gasteiger partial charge >= 0.3 is 0 Å². The van der Waals surface area contributed by atoms with E-state index in [2.05, 4.69) is 10.4 Å². The fourth-order valence-corrected chi connectivity index (χ4v) is 2.96. The van der Waals surface area contributed by atoms with Gasteiger partial charge in [0.2, 0.25) is 0 Å². The zero-order valence-electron chi connectivity index (χ0n) is 9.78. The van der Waals surface area contributed by atoms with Crippen LogP contribution in [0.1, 0.15) is 30.2 Å². The van der Waals surface area contributed by atoms with Crippen LogP contribution in [0.3, 0.4) is 0 Å². The molecule has 0 aliphatic heterocycles. The van der Waals surface area contributed by atoms with E-state index < -0.39 is 0 Å². The average Bonchev–Trinajstić information content (AvgIpc) is 2.85. The molecule has 2 rings (SSSR count). The molecular formula is C11H11Cl2N3OS. The first kappa shape index (κ1) is 13.4. The first-order valence-corrected chi connectivity index (χ1v) is 6.86. The summed E-state index contributed by atoms with van der Waals surface area (Å²) in [5.74, 6) is 0.346. The molecule has 0 aromatic carbocycles. The van der Waals surface area contributed by atoms with Crippen molar-refractivity contribution in [1.29, 1.82) is 0 Å². The van der Waals surface area contributed by atoms with Crippen LogP contribution in [0.25, 0.3) is 0 Å². The number of nitrogens with one attached hydrogen (secondary N) is 1. The molecule has 0 atom stereocenters. The van der Waals surface area contributed by atoms with E-state index in [0.29, 0.717) is 20.1 Å². The summed E-state index contributed by atoms with van der Waals surface area (Å²) in [5.41, 5.74) is 0.378. The normalized spacial score (nSPS) is 10.9. The van der Waals surface area contributed by atoms with E-state index in [1.165, 1.54) is 11.3 Å². The van der Waals surface area contributed by atoms with Gasteiger partial charge in [-0.25, -0.2) is 4.68 Å². The summed E-state index contributed by atoms with van der Waals surface area (Å²) < 4.78 is 2.59. The van der Waals surface area contributed by atoms with Gasteiger partial charge in [-0.3, -0.25) is 4.79 Å². The number of amides is 1. The summed E-state index contributed by atoms with van der Waals surface area (Å²) in [7, 11) is 0. The molecule has 2 aromatic heterocycles. The first-order chi connectivity index (χ1) is 8.49. The largest absolute Gasteiger partial charge is 0.307 e. The van der Waals surface area contributed by atoms with Crippen LogP contribution in [0, 0.1) is 0 Å². The molecule has 96 valence electrons. The van der Waals surface area contributed by atoms with E-state index in [1.807, 2.05) is 13.8 Å². The Morgan fingerprint density at radius 1 is 1.50 bits per heavy atom. The summed E-state index contributed by atoms with van der Waals surface area (Å²) in [5, 5.41) is 6.90. The topological polar surface area (TPSA) is 46.9 Å². The lowest BCUT2D eigenvalue weighted by molar-refractivity contribution is 0.102. The molecule has 0 radical (unpaired) electrons. The molecule has 0 unspecified atom stereocenters. The SMILES string of the molecule is CC(C)n1nccc1NC(=O)c1cc(Cl)sc1Cl. The third-order valence-corrected chi connectivity index (χ3v) is 3.79. The zero-order chi connectivity index (χ0) is 13.3. The highest BCUT2D eigenvalue weighted by molar-refractivity contribution is 7.20. The van der Waals surface area contributed by atoms with E-state index in [-0.39, 0.29) is 11.9 Å². The van der Waals surface area contributed by atoms with Gasteiger partial charge in [-0.1, -0.05) is 23.2 Å². The van der Waals surface area contributed by atoms with Crippen molar-refractivity contribution in [3.8, 4) is 0 Å². The summed E-state index contributed by atoms with van der Waals surface area (Å²) in [6.07, 6.45) is 1.64. The molecule has 2 heterocycles. The van der Waals surface area contributed by atoms with Crippen molar-refractivity contribution in [1.82, 2.24) is 9.78 Å². The Morgan fingerprint density at radius 2 is 2.22 bits per heavy atom. The molecular weight excluding hydrogens is 293 g/mol. The quantitative estimate of drug-likeness (QED) is 0.928. The molecule has 2 aromatic rings. The predicted octanol–water partition coefficient (Wildman–Crippen LogP) is 4.08. The van der Waals surface area contributed by atoms with Crippen LogP contribution in [-0.2, 0) is 0 Å². The standard InChI is InChI=1S/C11H11Cl2N3OS/c1-6(2)16-9(3-4-14-16)15-11(17)7-5-8(12)18-10(7)13/h3-6H,1-2H3,(H,15,17). The average molecular weight is 304 g/mol. The molecule has 0 aliphatic rings. The molecule has 7 heteroatoms. The van der Waals surface area contributed by atoms with E-state index >= 15 is 0 Å². The summed E-state index contributed by atoms with van der Waals surface area (Å²) >= 11 is 12.9. The van der Waals surface area contributed by atoms with Crippen LogP contribution in [0.5, 0.6) is 0 Å². The summed E-state index contributed by atoms with van der Waals surface area (Å²) in [6, 6.07) is 3.46. The third-order valence-electron chi connectivity index (χ3n) is 2.30. The fraction of sp³-hybridized carbons (Fsp3) is 0.273. The van der Waals surface area contributed by atoms with Crippen LogP contribution < -0.4 is 5.32 Å². The van der Waals surface area contributed by atoms with Crippen molar-refractivity contribution in [3.63, 3.8) is 0 Å². The monoisotopic (exact) mass is 303 g/mol. The second-order valence-corrected chi connectivity index (χ2v) is 6.23. The summed E-state index contributed by atoms with van der Waals surface area (Å²) in [6.45, 7) is 3.97. The van der Waals surface area contributed by atoms with Crippen LogP contribution in [-0.4, -0.2) is 15.7 Å². The fourth-order valence-electron chi connectivity index (χ4n) is 1.50. The lowest BCUT2D eigenvalue weighted by Gasteiger charge is -2.11. The molecule has 1 amide bonds. The number of thiophene rings is 1. The molecule has 0 aliphatic carbocycles. The van der Waals surface area contributed by atoms with Crippen molar-refractivity contribution >= 4 is 46.3 Å². The van der Waals surface area contributed by atoms with Gasteiger partial charge in [0.05, 0.1) is 16.1 Å². The Morgan fingerprint density at radius 3 is 2.78 bits per heavy atom. The van der Waals surface area contributed by atoms with Crippen LogP contribution in [0.2, 0.25) is 8.67 Å². The summed E-state index contributed by atoms with van der Waals surface area (Å²) in [4.78, 5) is 12.0. The number of aromatic nitrogens is 2. The van der Waals surface area contributed by atoms with E-state index in [0.717, 1.165) is 0 Å². The third kappa shape index (κ3) is 2.68. The van der Waals surface area contributed by atoms with E-state index in [1.54, 1.807) is 23.0 Å². The molecule has 0 bridgehead atoms. The Hall–Kier alpha value is -1.04. The smallest absolute Gasteiger partial charge is 0.259 e. The maximum atomic E-state index is 12.0. The maximum absolute atomic E-state index is 12.0. The van der Waals surface area contributed by atoms with Gasteiger partial charge in [-0.2, -0.15) is 5.10 Å². The number of hydrogen-bond acceptors (Lipinski definition) is 3. The Bertz CT molecular complexity index is 577. The lowest BCUT2D eigenvalue weighted by atomic mass is 10.3. The van der Waals surface area contributed by atoms with Gasteiger partial charge in [0.25, 0.3) is 5.91 Å². The van der Waals surface area contributed by atoms with Crippen molar-refractivity contribution in [2.45, 2.75) is 19.9 Å². The van der Waals surface area contributed by atoms with E-state index in [4.69, 9.17) is 23.2 Å². The lowest BCUT2D eigenvalue weighted by Crippen LogP contribution is -2.16. The van der Waals surface area contributed by atoms with Crippen molar-refractivity contribution in [2.75, 3.05) is 5.32 Å². The second kappa shape index (κ2) is 5.30. The number of nitrogens with zero attached hydrogens (tertiary/aromatic N) is 2. The molecule has 0 fully saturated rings. The number of anilines is 1. The molecule has 18 heavy (non-hydrogen) atoms. The minimum atomic E-state index is -0.287. The minimum Gasteiger partial charge on any atom is -0.307 e. The van der Waals surface area contributed by atoms with Gasteiger partial charge in [-0.05, 0) is 19.9 Å². The van der Waals surface area contributed by atoms with Crippen molar-refractivity contribution in [2.24, 2.45) is 0 Å². The van der Waals surface area contributed by atoms with Crippen LogP contribution in [0.15, 0.2) is 18.3 Å². The highest BCUT2D eigenvalue weighted by atomic mass is 35.5. The van der Waals surface area contributed by atoms with Gasteiger partial charge in [0, 0.05) is 12.1 Å². The van der Waals surface area contributed by atoms with Crippen molar-refractivity contribution < 1.29 is 4.79 Å². The molecule has 0 saturated carbocycles. The van der Waals surface area contributed by atoms with Gasteiger partial charge < -0.3 is 5.32 Å². The molecule has 0 saturated heterocycles. The van der Waals surface area contributed by atoms with Crippen LogP contribution >= 0.6 is 34.5 Å².